The monoisotopic (exact) mass is 559 g/mol. The predicted octanol–water partition coefficient (Wildman–Crippen LogP) is 4.46. The zero-order valence-electron chi connectivity index (χ0n) is 22.5. The molecule has 10 nitrogen and oxygen atoms in total. The highest BCUT2D eigenvalue weighted by Crippen LogP contribution is 2.55. The van der Waals surface area contributed by atoms with E-state index in [0.29, 0.717) is 29.9 Å². The SMILES string of the molecule is CC(C)(C)OC(=O)N1CCC2(CC(n3nc(-c4cnn(Cc5ccc(C(F)(F)F)cc5)c4)c(C(N)=O)c3N)C2)C1. The Hall–Kier alpha value is -4.03. The Morgan fingerprint density at radius 1 is 1.15 bits per heavy atom. The zero-order valence-corrected chi connectivity index (χ0v) is 22.5. The van der Waals surface area contributed by atoms with Gasteiger partial charge in [0.25, 0.3) is 5.91 Å². The lowest BCUT2D eigenvalue weighted by molar-refractivity contribution is -0.137. The molecule has 13 heteroatoms. The maximum absolute atomic E-state index is 12.9. The summed E-state index contributed by atoms with van der Waals surface area (Å²) in [5.74, 6) is -0.555. The zero-order chi connectivity index (χ0) is 29.0. The van der Waals surface area contributed by atoms with Crippen molar-refractivity contribution in [2.75, 3.05) is 18.8 Å². The van der Waals surface area contributed by atoms with E-state index in [1.807, 2.05) is 20.8 Å². The molecule has 1 aliphatic carbocycles. The fourth-order valence-electron chi connectivity index (χ4n) is 5.59. The van der Waals surface area contributed by atoms with Crippen LogP contribution in [0.15, 0.2) is 36.7 Å². The summed E-state index contributed by atoms with van der Waals surface area (Å²) in [5, 5.41) is 8.93. The van der Waals surface area contributed by atoms with Gasteiger partial charge in [-0.2, -0.15) is 23.4 Å². The van der Waals surface area contributed by atoms with Crippen molar-refractivity contribution in [2.45, 2.75) is 64.4 Å². The van der Waals surface area contributed by atoms with Crippen LogP contribution in [-0.2, 0) is 17.5 Å². The van der Waals surface area contributed by atoms with E-state index in [9.17, 15) is 22.8 Å². The van der Waals surface area contributed by atoms with Crippen LogP contribution in [0.4, 0.5) is 23.8 Å². The first kappa shape index (κ1) is 27.5. The molecule has 1 spiro atoms. The highest BCUT2D eigenvalue weighted by molar-refractivity contribution is 6.03. The van der Waals surface area contributed by atoms with Crippen molar-refractivity contribution in [3.05, 3.63) is 53.3 Å². The number of alkyl halides is 3. The van der Waals surface area contributed by atoms with Gasteiger partial charge < -0.3 is 21.1 Å². The minimum Gasteiger partial charge on any atom is -0.444 e. The lowest BCUT2D eigenvalue weighted by Gasteiger charge is -2.45. The van der Waals surface area contributed by atoms with Gasteiger partial charge in [0.05, 0.1) is 24.3 Å². The van der Waals surface area contributed by atoms with Gasteiger partial charge in [-0.1, -0.05) is 12.1 Å². The van der Waals surface area contributed by atoms with Gasteiger partial charge in [-0.15, -0.1) is 0 Å². The lowest BCUT2D eigenvalue weighted by atomic mass is 9.65. The second kappa shape index (κ2) is 9.56. The summed E-state index contributed by atoms with van der Waals surface area (Å²) in [6.07, 6.45) is 0.756. The van der Waals surface area contributed by atoms with E-state index in [-0.39, 0.29) is 35.5 Å². The number of likely N-dealkylation sites (tertiary alicyclic amines) is 1. The first-order chi connectivity index (χ1) is 18.6. The molecule has 1 saturated heterocycles. The molecule has 214 valence electrons. The van der Waals surface area contributed by atoms with Gasteiger partial charge in [-0.05, 0) is 63.1 Å². The number of nitrogens with zero attached hydrogens (tertiary/aromatic N) is 5. The summed E-state index contributed by atoms with van der Waals surface area (Å²) >= 11 is 0. The lowest BCUT2D eigenvalue weighted by Crippen LogP contribution is -2.43. The number of carbonyl (C=O) groups is 2. The van der Waals surface area contributed by atoms with Crippen LogP contribution in [0, 0.1) is 5.41 Å². The van der Waals surface area contributed by atoms with Gasteiger partial charge >= 0.3 is 12.3 Å². The minimum absolute atomic E-state index is 0.0560. The number of hydrogen-bond donors (Lipinski definition) is 2. The third-order valence-corrected chi connectivity index (χ3v) is 7.50. The molecule has 0 radical (unpaired) electrons. The van der Waals surface area contributed by atoms with Gasteiger partial charge in [0.15, 0.2) is 0 Å². The average Bonchev–Trinajstić information content (AvgIpc) is 3.54. The maximum atomic E-state index is 12.9. The maximum Gasteiger partial charge on any atom is 0.416 e. The van der Waals surface area contributed by atoms with Gasteiger partial charge in [-0.25, -0.2) is 9.48 Å². The van der Waals surface area contributed by atoms with Crippen LogP contribution in [0.5, 0.6) is 0 Å². The third-order valence-electron chi connectivity index (χ3n) is 7.50. The summed E-state index contributed by atoms with van der Waals surface area (Å²) in [4.78, 5) is 26.6. The molecular formula is C27H32F3N7O3. The molecule has 2 aromatic heterocycles. The quantitative estimate of drug-likeness (QED) is 0.474. The summed E-state index contributed by atoms with van der Waals surface area (Å²) in [6, 6.07) is 4.77. The Balaban J connectivity index is 1.30. The number of rotatable bonds is 5. The topological polar surface area (TPSA) is 134 Å². The predicted molar refractivity (Wildman–Crippen MR) is 140 cm³/mol. The summed E-state index contributed by atoms with van der Waals surface area (Å²) in [5.41, 5.74) is 12.2. The van der Waals surface area contributed by atoms with Gasteiger partial charge in [0, 0.05) is 24.8 Å². The number of carbonyl (C=O) groups excluding carboxylic acids is 2. The number of benzene rings is 1. The van der Waals surface area contributed by atoms with Crippen LogP contribution in [0.1, 0.15) is 67.6 Å². The number of amides is 2. The largest absolute Gasteiger partial charge is 0.444 e. The molecule has 3 heterocycles. The fraction of sp³-hybridized carbons (Fsp3) is 0.481. The highest BCUT2D eigenvalue weighted by atomic mass is 19.4. The minimum atomic E-state index is -4.41. The van der Waals surface area contributed by atoms with Crippen LogP contribution >= 0.6 is 0 Å². The molecule has 2 fully saturated rings. The number of anilines is 1. The molecule has 0 bridgehead atoms. The Labute approximate surface area is 229 Å². The first-order valence-electron chi connectivity index (χ1n) is 13.0. The third kappa shape index (κ3) is 5.36. The Bertz CT molecular complexity index is 1430. The van der Waals surface area contributed by atoms with Gasteiger partial charge in [0.1, 0.15) is 22.7 Å². The van der Waals surface area contributed by atoms with Crippen molar-refractivity contribution in [1.29, 1.82) is 0 Å². The first-order valence-corrected chi connectivity index (χ1v) is 13.0. The van der Waals surface area contributed by atoms with Crippen LogP contribution in [0.25, 0.3) is 11.3 Å². The molecular weight excluding hydrogens is 527 g/mol. The number of ether oxygens (including phenoxy) is 1. The van der Waals surface area contributed by atoms with E-state index in [0.717, 1.165) is 31.4 Å². The Morgan fingerprint density at radius 2 is 1.82 bits per heavy atom. The van der Waals surface area contributed by atoms with E-state index >= 15 is 0 Å². The van der Waals surface area contributed by atoms with Crippen molar-refractivity contribution < 1.29 is 27.5 Å². The molecule has 3 aromatic rings. The van der Waals surface area contributed by atoms with Crippen molar-refractivity contribution in [1.82, 2.24) is 24.5 Å². The molecule has 1 aromatic carbocycles. The van der Waals surface area contributed by atoms with Gasteiger partial charge in [-0.3, -0.25) is 9.48 Å². The molecule has 4 N–H and O–H groups in total. The molecule has 2 aliphatic rings. The summed E-state index contributed by atoms with van der Waals surface area (Å²) in [6.45, 7) is 6.94. The number of primary amides is 1. The van der Waals surface area contributed by atoms with Crippen LogP contribution < -0.4 is 11.5 Å². The number of nitrogens with two attached hydrogens (primary N) is 2. The molecule has 5 rings (SSSR count). The van der Waals surface area contributed by atoms with Crippen molar-refractivity contribution in [3.63, 3.8) is 0 Å². The van der Waals surface area contributed by atoms with Crippen LogP contribution in [0.3, 0.4) is 0 Å². The van der Waals surface area contributed by atoms with E-state index in [1.54, 1.807) is 20.5 Å². The van der Waals surface area contributed by atoms with Crippen LogP contribution in [0.2, 0.25) is 0 Å². The second-order valence-corrected chi connectivity index (χ2v) is 11.8. The number of aromatic nitrogens is 4. The van der Waals surface area contributed by atoms with Crippen molar-refractivity contribution >= 4 is 17.8 Å². The second-order valence-electron chi connectivity index (χ2n) is 11.8. The van der Waals surface area contributed by atoms with Crippen molar-refractivity contribution in [2.24, 2.45) is 11.1 Å². The number of halogens is 3. The van der Waals surface area contributed by atoms with E-state index in [4.69, 9.17) is 16.2 Å². The average molecular weight is 560 g/mol. The standard InChI is InChI=1S/C27H32F3N7O3/c1-25(2,3)40-24(39)35-9-8-26(15-35)10-19(11-26)37-22(31)20(23(32)38)21(34-37)17-12-33-36(14-17)13-16-4-6-18(7-5-16)27(28,29)30/h4-7,12,14,19H,8-11,13,15,31H2,1-3H3,(H2,32,38). The summed E-state index contributed by atoms with van der Waals surface area (Å²) < 4.78 is 47.2. The molecule has 40 heavy (non-hydrogen) atoms. The molecule has 1 saturated carbocycles. The Kier molecular flexibility index (Phi) is 6.58. The highest BCUT2D eigenvalue weighted by Gasteiger charge is 2.51. The smallest absolute Gasteiger partial charge is 0.416 e. The van der Waals surface area contributed by atoms with Crippen LogP contribution in [-0.4, -0.2) is 55.2 Å². The molecule has 0 atom stereocenters. The molecule has 2 amide bonds. The van der Waals surface area contributed by atoms with E-state index in [1.165, 1.54) is 18.3 Å². The summed E-state index contributed by atoms with van der Waals surface area (Å²) in [7, 11) is 0. The number of hydrogen-bond acceptors (Lipinski definition) is 6. The van der Waals surface area contributed by atoms with Gasteiger partial charge in [0.2, 0.25) is 0 Å². The Morgan fingerprint density at radius 3 is 2.42 bits per heavy atom. The fourth-order valence-corrected chi connectivity index (χ4v) is 5.59. The number of nitrogen functional groups attached to an aromatic ring is 1. The molecule has 1 aliphatic heterocycles. The molecule has 0 unspecified atom stereocenters. The van der Waals surface area contributed by atoms with Crippen molar-refractivity contribution in [3.8, 4) is 11.3 Å². The van der Waals surface area contributed by atoms with E-state index in [2.05, 4.69) is 10.2 Å². The normalized spacial score (nSPS) is 21.1. The van der Waals surface area contributed by atoms with E-state index < -0.39 is 23.2 Å².